The van der Waals surface area contributed by atoms with Crippen LogP contribution in [0.25, 0.3) is 5.69 Å². The average molecular weight is 368 g/mol. The van der Waals surface area contributed by atoms with Crippen LogP contribution in [0.15, 0.2) is 54.9 Å². The van der Waals surface area contributed by atoms with E-state index in [1.165, 1.54) is 11.0 Å². The van der Waals surface area contributed by atoms with Crippen LogP contribution in [-0.2, 0) is 4.79 Å². The highest BCUT2D eigenvalue weighted by atomic mass is 16.5. The van der Waals surface area contributed by atoms with Gasteiger partial charge in [-0.15, -0.1) is 5.10 Å². The second kappa shape index (κ2) is 9.33. The molecule has 0 spiro atoms. The zero-order chi connectivity index (χ0) is 18.9. The summed E-state index contributed by atoms with van der Waals surface area (Å²) in [6, 6.07) is 14.3. The number of hydrogen-bond donors (Lipinski definition) is 0. The van der Waals surface area contributed by atoms with Gasteiger partial charge in [-0.3, -0.25) is 4.79 Å². The number of aromatic nitrogens is 4. The SMILES string of the molecule is CCOc1ccc(OCCCC(=O)Oc2ccc(-n3cnnn3)cc2)cc1. The van der Waals surface area contributed by atoms with Crippen molar-refractivity contribution in [1.82, 2.24) is 20.2 Å². The van der Waals surface area contributed by atoms with Gasteiger partial charge in [0.1, 0.15) is 23.6 Å². The molecule has 0 N–H and O–H groups in total. The Hall–Kier alpha value is -3.42. The van der Waals surface area contributed by atoms with Crippen LogP contribution in [0.5, 0.6) is 17.2 Å². The van der Waals surface area contributed by atoms with Crippen LogP contribution in [0.3, 0.4) is 0 Å². The van der Waals surface area contributed by atoms with Crippen LogP contribution in [0, 0.1) is 0 Å². The Bertz CT molecular complexity index is 833. The molecule has 0 amide bonds. The number of carbonyl (C=O) groups is 1. The van der Waals surface area contributed by atoms with Gasteiger partial charge in [0, 0.05) is 6.42 Å². The lowest BCUT2D eigenvalue weighted by molar-refractivity contribution is -0.134. The van der Waals surface area contributed by atoms with E-state index < -0.39 is 0 Å². The molecule has 27 heavy (non-hydrogen) atoms. The third-order valence-electron chi connectivity index (χ3n) is 3.61. The molecule has 0 bridgehead atoms. The molecule has 8 heteroatoms. The maximum Gasteiger partial charge on any atom is 0.311 e. The van der Waals surface area contributed by atoms with Gasteiger partial charge in [0.25, 0.3) is 0 Å². The van der Waals surface area contributed by atoms with Gasteiger partial charge in [0.05, 0.1) is 18.9 Å². The van der Waals surface area contributed by atoms with Crippen LogP contribution in [0.4, 0.5) is 0 Å². The molecule has 0 unspecified atom stereocenters. The first-order chi connectivity index (χ1) is 13.2. The van der Waals surface area contributed by atoms with Crippen molar-refractivity contribution in [3.8, 4) is 22.9 Å². The molecule has 1 heterocycles. The van der Waals surface area contributed by atoms with Gasteiger partial charge in [-0.05, 0) is 72.3 Å². The first-order valence-corrected chi connectivity index (χ1v) is 8.64. The second-order valence-electron chi connectivity index (χ2n) is 5.58. The summed E-state index contributed by atoms with van der Waals surface area (Å²) >= 11 is 0. The first-order valence-electron chi connectivity index (χ1n) is 8.64. The summed E-state index contributed by atoms with van der Waals surface area (Å²) in [6.45, 7) is 3.00. The van der Waals surface area contributed by atoms with Gasteiger partial charge in [0.2, 0.25) is 0 Å². The maximum absolute atomic E-state index is 11.9. The summed E-state index contributed by atoms with van der Waals surface area (Å²) in [4.78, 5) is 11.9. The Labute approximate surface area is 156 Å². The molecule has 0 aliphatic heterocycles. The molecule has 0 aliphatic rings. The van der Waals surface area contributed by atoms with E-state index in [9.17, 15) is 4.79 Å². The van der Waals surface area contributed by atoms with Gasteiger partial charge in [-0.2, -0.15) is 0 Å². The average Bonchev–Trinajstić information content (AvgIpc) is 3.22. The highest BCUT2D eigenvalue weighted by Crippen LogP contribution is 2.18. The molecule has 8 nitrogen and oxygen atoms in total. The standard InChI is InChI=1S/C19H20N4O4/c1-2-25-16-9-11-17(12-10-16)26-13-3-4-19(24)27-18-7-5-15(6-8-18)23-14-20-21-22-23/h5-12,14H,2-4,13H2,1H3. The smallest absolute Gasteiger partial charge is 0.311 e. The Balaban J connectivity index is 1.38. The number of rotatable bonds is 9. The van der Waals surface area contributed by atoms with E-state index in [0.717, 1.165) is 17.2 Å². The summed E-state index contributed by atoms with van der Waals surface area (Å²) in [5, 5.41) is 10.9. The molecule has 0 atom stereocenters. The second-order valence-corrected chi connectivity index (χ2v) is 5.58. The lowest BCUT2D eigenvalue weighted by Crippen LogP contribution is -2.10. The minimum absolute atomic E-state index is 0.270. The van der Waals surface area contributed by atoms with E-state index >= 15 is 0 Å². The van der Waals surface area contributed by atoms with Crippen molar-refractivity contribution < 1.29 is 19.0 Å². The molecule has 0 aliphatic carbocycles. The molecular formula is C19H20N4O4. The molecule has 0 fully saturated rings. The Kier molecular flexibility index (Phi) is 6.35. The van der Waals surface area contributed by atoms with Crippen molar-refractivity contribution in [1.29, 1.82) is 0 Å². The summed E-state index contributed by atoms with van der Waals surface area (Å²) < 4.78 is 17.8. The summed E-state index contributed by atoms with van der Waals surface area (Å²) in [7, 11) is 0. The monoisotopic (exact) mass is 368 g/mol. The van der Waals surface area contributed by atoms with Crippen LogP contribution in [0.1, 0.15) is 19.8 Å². The number of carbonyl (C=O) groups excluding carboxylic acids is 1. The van der Waals surface area contributed by atoms with E-state index in [4.69, 9.17) is 14.2 Å². The van der Waals surface area contributed by atoms with Gasteiger partial charge in [0.15, 0.2) is 0 Å². The fourth-order valence-electron chi connectivity index (χ4n) is 2.33. The predicted molar refractivity (Wildman–Crippen MR) is 97.1 cm³/mol. The number of tetrazole rings is 1. The minimum Gasteiger partial charge on any atom is -0.494 e. The van der Waals surface area contributed by atoms with E-state index in [0.29, 0.717) is 25.4 Å². The fraction of sp³-hybridized carbons (Fsp3) is 0.263. The van der Waals surface area contributed by atoms with Crippen LogP contribution in [0.2, 0.25) is 0 Å². The molecular weight excluding hydrogens is 348 g/mol. The van der Waals surface area contributed by atoms with Gasteiger partial charge < -0.3 is 14.2 Å². The van der Waals surface area contributed by atoms with Crippen LogP contribution in [-0.4, -0.2) is 39.4 Å². The Morgan fingerprint density at radius 1 is 0.963 bits per heavy atom. The predicted octanol–water partition coefficient (Wildman–Crippen LogP) is 2.83. The number of hydrogen-bond acceptors (Lipinski definition) is 7. The van der Waals surface area contributed by atoms with E-state index in [1.807, 2.05) is 31.2 Å². The van der Waals surface area contributed by atoms with Crippen molar-refractivity contribution in [2.24, 2.45) is 0 Å². The third-order valence-corrected chi connectivity index (χ3v) is 3.61. The molecule has 2 aromatic carbocycles. The van der Waals surface area contributed by atoms with Crippen LogP contribution < -0.4 is 14.2 Å². The normalized spacial score (nSPS) is 10.4. The zero-order valence-electron chi connectivity index (χ0n) is 14.9. The molecule has 3 aromatic rings. The highest BCUT2D eigenvalue weighted by Gasteiger charge is 2.06. The molecule has 0 saturated carbocycles. The topological polar surface area (TPSA) is 88.4 Å². The number of benzene rings is 2. The lowest BCUT2D eigenvalue weighted by Gasteiger charge is -2.08. The van der Waals surface area contributed by atoms with Crippen molar-refractivity contribution in [2.75, 3.05) is 13.2 Å². The van der Waals surface area contributed by atoms with Crippen molar-refractivity contribution >= 4 is 5.97 Å². The van der Waals surface area contributed by atoms with Gasteiger partial charge in [-0.1, -0.05) is 0 Å². The highest BCUT2D eigenvalue weighted by molar-refractivity contribution is 5.72. The number of ether oxygens (including phenoxy) is 3. The van der Waals surface area contributed by atoms with E-state index in [-0.39, 0.29) is 12.4 Å². The molecule has 3 rings (SSSR count). The summed E-state index contributed by atoms with van der Waals surface area (Å²) in [6.07, 6.45) is 2.33. The molecule has 140 valence electrons. The van der Waals surface area contributed by atoms with Gasteiger partial charge >= 0.3 is 5.97 Å². The van der Waals surface area contributed by atoms with Crippen molar-refractivity contribution in [2.45, 2.75) is 19.8 Å². The quantitative estimate of drug-likeness (QED) is 0.326. The Morgan fingerprint density at radius 3 is 2.26 bits per heavy atom. The summed E-state index contributed by atoms with van der Waals surface area (Å²) in [5.41, 5.74) is 0.781. The lowest BCUT2D eigenvalue weighted by atomic mass is 10.3. The number of nitrogens with zero attached hydrogens (tertiary/aromatic N) is 4. The van der Waals surface area contributed by atoms with Crippen molar-refractivity contribution in [3.05, 3.63) is 54.9 Å². The fourth-order valence-corrected chi connectivity index (χ4v) is 2.33. The third kappa shape index (κ3) is 5.53. The van der Waals surface area contributed by atoms with Gasteiger partial charge in [-0.25, -0.2) is 4.68 Å². The van der Waals surface area contributed by atoms with E-state index in [2.05, 4.69) is 15.5 Å². The zero-order valence-corrected chi connectivity index (χ0v) is 14.9. The largest absolute Gasteiger partial charge is 0.494 e. The molecule has 0 saturated heterocycles. The minimum atomic E-state index is -0.305. The van der Waals surface area contributed by atoms with Crippen molar-refractivity contribution in [3.63, 3.8) is 0 Å². The van der Waals surface area contributed by atoms with Crippen LogP contribution >= 0.6 is 0 Å². The first kappa shape index (κ1) is 18.4. The molecule has 1 aromatic heterocycles. The van der Waals surface area contributed by atoms with E-state index in [1.54, 1.807) is 24.3 Å². The maximum atomic E-state index is 11.9. The number of esters is 1. The molecule has 0 radical (unpaired) electrons. The Morgan fingerprint density at radius 2 is 1.63 bits per heavy atom. The summed E-state index contributed by atoms with van der Waals surface area (Å²) in [5.74, 6) is 1.72.